The number of carbonyl (C=O) groups excluding carboxylic acids is 1. The maximum absolute atomic E-state index is 12.6. The molecule has 166 valence electrons. The molecule has 1 amide bonds. The minimum atomic E-state index is -3.48. The lowest BCUT2D eigenvalue weighted by molar-refractivity contribution is -0.121. The zero-order valence-corrected chi connectivity index (χ0v) is 18.6. The first kappa shape index (κ1) is 22.9. The van der Waals surface area contributed by atoms with E-state index in [1.165, 1.54) is 30.0 Å². The van der Waals surface area contributed by atoms with Gasteiger partial charge in [0.05, 0.1) is 18.1 Å². The van der Waals surface area contributed by atoms with Crippen molar-refractivity contribution in [2.45, 2.75) is 63.2 Å². The van der Waals surface area contributed by atoms with E-state index in [4.69, 9.17) is 4.74 Å². The van der Waals surface area contributed by atoms with Crippen LogP contribution in [0.1, 0.15) is 57.4 Å². The molecule has 1 aliphatic heterocycles. The van der Waals surface area contributed by atoms with E-state index in [-0.39, 0.29) is 10.8 Å². The van der Waals surface area contributed by atoms with Crippen LogP contribution >= 0.6 is 0 Å². The highest BCUT2D eigenvalue weighted by Crippen LogP contribution is 2.26. The number of sulfonamides is 1. The van der Waals surface area contributed by atoms with E-state index in [0.717, 1.165) is 30.0 Å². The number of amides is 1. The Morgan fingerprint density at radius 3 is 2.47 bits per heavy atom. The molecule has 1 saturated carbocycles. The van der Waals surface area contributed by atoms with E-state index in [1.54, 1.807) is 24.3 Å². The summed E-state index contributed by atoms with van der Waals surface area (Å²) in [6.45, 7) is 3.84. The Hall–Kier alpha value is -1.77. The number of nitrogens with one attached hydrogen (secondary N) is 1. The standard InChI is InChI=1S/C22H33N3O4S/c1-2-3-18-4-9-20(10-5-18)23-24-22(26)13-8-19-6-11-21(12-7-19)30(27,28)25-14-16-29-17-15-25/h6-7,11-12,18H,2-5,8-10,13-17H2,1H3,(H,24,26). The summed E-state index contributed by atoms with van der Waals surface area (Å²) < 4.78 is 32.0. The predicted octanol–water partition coefficient (Wildman–Crippen LogP) is 3.10. The summed E-state index contributed by atoms with van der Waals surface area (Å²) in [5.74, 6) is 0.697. The van der Waals surface area contributed by atoms with Gasteiger partial charge in [0.2, 0.25) is 15.9 Å². The molecule has 7 nitrogen and oxygen atoms in total. The Labute approximate surface area is 179 Å². The summed E-state index contributed by atoms with van der Waals surface area (Å²) >= 11 is 0. The highest BCUT2D eigenvalue weighted by molar-refractivity contribution is 7.89. The quantitative estimate of drug-likeness (QED) is 0.636. The van der Waals surface area contributed by atoms with Crippen molar-refractivity contribution in [2.75, 3.05) is 26.3 Å². The van der Waals surface area contributed by atoms with Gasteiger partial charge in [-0.25, -0.2) is 13.8 Å². The van der Waals surface area contributed by atoms with E-state index in [2.05, 4.69) is 17.5 Å². The molecular formula is C22H33N3O4S. The summed E-state index contributed by atoms with van der Waals surface area (Å²) in [7, 11) is -3.48. The smallest absolute Gasteiger partial charge is 0.243 e. The van der Waals surface area contributed by atoms with Crippen LogP contribution in [0.5, 0.6) is 0 Å². The van der Waals surface area contributed by atoms with Crippen LogP contribution in [0.25, 0.3) is 0 Å². The molecule has 2 fully saturated rings. The monoisotopic (exact) mass is 435 g/mol. The van der Waals surface area contributed by atoms with Crippen LogP contribution in [0.4, 0.5) is 0 Å². The summed E-state index contributed by atoms with van der Waals surface area (Å²) in [4.78, 5) is 12.4. The van der Waals surface area contributed by atoms with Crippen molar-refractivity contribution in [3.63, 3.8) is 0 Å². The third-order valence-electron chi connectivity index (χ3n) is 5.89. The molecule has 1 heterocycles. The van der Waals surface area contributed by atoms with Crippen molar-refractivity contribution in [3.8, 4) is 0 Å². The van der Waals surface area contributed by atoms with Crippen molar-refractivity contribution in [3.05, 3.63) is 29.8 Å². The molecule has 1 aliphatic carbocycles. The molecule has 30 heavy (non-hydrogen) atoms. The second-order valence-electron chi connectivity index (χ2n) is 8.11. The van der Waals surface area contributed by atoms with Gasteiger partial charge in [-0.3, -0.25) is 4.79 Å². The van der Waals surface area contributed by atoms with Gasteiger partial charge in [0.1, 0.15) is 0 Å². The SMILES string of the molecule is CCCC1CCC(=NNC(=O)CCc2ccc(S(=O)(=O)N3CCOCC3)cc2)CC1. The Balaban J connectivity index is 1.44. The number of carbonyl (C=O) groups is 1. The number of ether oxygens (including phenoxy) is 1. The molecule has 0 bridgehead atoms. The number of hydrazone groups is 1. The van der Waals surface area contributed by atoms with Gasteiger partial charge in [0, 0.05) is 25.2 Å². The Kier molecular flexibility index (Phi) is 8.41. The molecule has 0 radical (unpaired) electrons. The molecule has 0 unspecified atom stereocenters. The van der Waals surface area contributed by atoms with Crippen molar-refractivity contribution < 1.29 is 17.9 Å². The number of hydrogen-bond acceptors (Lipinski definition) is 5. The zero-order valence-electron chi connectivity index (χ0n) is 17.8. The Bertz CT molecular complexity index is 820. The van der Waals surface area contributed by atoms with Crippen LogP contribution in [0.3, 0.4) is 0 Å². The van der Waals surface area contributed by atoms with Crippen molar-refractivity contribution in [2.24, 2.45) is 11.0 Å². The fraction of sp³-hybridized carbons (Fsp3) is 0.636. The van der Waals surface area contributed by atoms with Crippen LogP contribution < -0.4 is 5.43 Å². The average molecular weight is 436 g/mol. The predicted molar refractivity (Wildman–Crippen MR) is 117 cm³/mol. The number of rotatable bonds is 8. The van der Waals surface area contributed by atoms with Gasteiger partial charge < -0.3 is 4.74 Å². The largest absolute Gasteiger partial charge is 0.379 e. The lowest BCUT2D eigenvalue weighted by atomic mass is 9.85. The Morgan fingerprint density at radius 2 is 1.83 bits per heavy atom. The van der Waals surface area contributed by atoms with Gasteiger partial charge in [-0.1, -0.05) is 31.9 Å². The zero-order chi connectivity index (χ0) is 21.4. The van der Waals surface area contributed by atoms with Gasteiger partial charge in [0.25, 0.3) is 0 Å². The van der Waals surface area contributed by atoms with Crippen LogP contribution in [0.15, 0.2) is 34.3 Å². The van der Waals surface area contributed by atoms with Crippen molar-refractivity contribution >= 4 is 21.6 Å². The van der Waals surface area contributed by atoms with Gasteiger partial charge in [-0.2, -0.15) is 9.41 Å². The van der Waals surface area contributed by atoms with Gasteiger partial charge in [0.15, 0.2) is 0 Å². The van der Waals surface area contributed by atoms with E-state index in [9.17, 15) is 13.2 Å². The summed E-state index contributed by atoms with van der Waals surface area (Å²) in [5, 5.41) is 4.31. The van der Waals surface area contributed by atoms with E-state index < -0.39 is 10.0 Å². The third-order valence-corrected chi connectivity index (χ3v) is 7.80. The topological polar surface area (TPSA) is 88.1 Å². The molecular weight excluding hydrogens is 402 g/mol. The normalized spacial score (nSPS) is 20.7. The van der Waals surface area contributed by atoms with Gasteiger partial charge in [-0.05, 0) is 55.7 Å². The van der Waals surface area contributed by atoms with Crippen LogP contribution in [-0.4, -0.2) is 50.6 Å². The lowest BCUT2D eigenvalue weighted by Crippen LogP contribution is -2.40. The van der Waals surface area contributed by atoms with E-state index >= 15 is 0 Å². The maximum Gasteiger partial charge on any atom is 0.243 e. The highest BCUT2D eigenvalue weighted by Gasteiger charge is 2.26. The van der Waals surface area contributed by atoms with Crippen molar-refractivity contribution in [1.29, 1.82) is 0 Å². The lowest BCUT2D eigenvalue weighted by Gasteiger charge is -2.26. The number of aryl methyl sites for hydroxylation is 1. The second-order valence-corrected chi connectivity index (χ2v) is 10.0. The first-order valence-electron chi connectivity index (χ1n) is 11.0. The number of benzene rings is 1. The van der Waals surface area contributed by atoms with Crippen molar-refractivity contribution in [1.82, 2.24) is 9.73 Å². The fourth-order valence-corrected chi connectivity index (χ4v) is 5.45. The molecule has 0 spiro atoms. The molecule has 8 heteroatoms. The molecule has 1 N–H and O–H groups in total. The molecule has 2 aliphatic rings. The van der Waals surface area contributed by atoms with Crippen LogP contribution in [0, 0.1) is 5.92 Å². The molecule has 0 aromatic heterocycles. The first-order chi connectivity index (χ1) is 14.5. The minimum Gasteiger partial charge on any atom is -0.379 e. The second kappa shape index (κ2) is 11.0. The van der Waals surface area contributed by atoms with Crippen LogP contribution in [-0.2, 0) is 26.0 Å². The molecule has 1 saturated heterocycles. The molecule has 1 aromatic carbocycles. The van der Waals surface area contributed by atoms with E-state index in [0.29, 0.717) is 39.1 Å². The molecule has 1 aromatic rings. The maximum atomic E-state index is 12.6. The highest BCUT2D eigenvalue weighted by atomic mass is 32.2. The van der Waals surface area contributed by atoms with Gasteiger partial charge >= 0.3 is 0 Å². The molecule has 0 atom stereocenters. The average Bonchev–Trinajstić information content (AvgIpc) is 2.78. The Morgan fingerprint density at radius 1 is 1.17 bits per heavy atom. The number of morpholine rings is 1. The summed E-state index contributed by atoms with van der Waals surface area (Å²) in [5.41, 5.74) is 4.70. The van der Waals surface area contributed by atoms with Crippen LogP contribution in [0.2, 0.25) is 0 Å². The summed E-state index contributed by atoms with van der Waals surface area (Å²) in [6, 6.07) is 6.79. The fourth-order valence-electron chi connectivity index (χ4n) is 4.04. The molecule has 3 rings (SSSR count). The first-order valence-corrected chi connectivity index (χ1v) is 12.4. The van der Waals surface area contributed by atoms with E-state index in [1.807, 2.05) is 0 Å². The summed E-state index contributed by atoms with van der Waals surface area (Å²) in [6.07, 6.45) is 7.68. The number of nitrogens with zero attached hydrogens (tertiary/aromatic N) is 2. The van der Waals surface area contributed by atoms with Gasteiger partial charge in [-0.15, -0.1) is 0 Å². The minimum absolute atomic E-state index is 0.108. The number of hydrogen-bond donors (Lipinski definition) is 1. The third kappa shape index (κ3) is 6.36.